The van der Waals surface area contributed by atoms with Gasteiger partial charge in [0.15, 0.2) is 5.65 Å². The molecular weight excluding hydrogens is 404 g/mol. The first-order valence-corrected chi connectivity index (χ1v) is 9.59. The van der Waals surface area contributed by atoms with Gasteiger partial charge in [0.2, 0.25) is 0 Å². The molecule has 0 saturated heterocycles. The molecular formula is C21H19BrN4O. The topological polar surface area (TPSA) is 62.5 Å². The number of fused-ring (bicyclic) bond motifs is 1. The Bertz CT molecular complexity index is 1090. The first-order chi connectivity index (χ1) is 13.2. The minimum Gasteiger partial charge on any atom is -0.507 e. The average Bonchev–Trinajstić information content (AvgIpc) is 3.08. The van der Waals surface area contributed by atoms with Crippen LogP contribution in [0.1, 0.15) is 18.1 Å². The lowest BCUT2D eigenvalue weighted by atomic mass is 10.1. The van der Waals surface area contributed by atoms with Gasteiger partial charge in [-0.1, -0.05) is 43.3 Å². The maximum atomic E-state index is 10.2. The summed E-state index contributed by atoms with van der Waals surface area (Å²) in [6.45, 7) is 2.82. The lowest BCUT2D eigenvalue weighted by molar-refractivity contribution is 0.477. The van der Waals surface area contributed by atoms with E-state index in [0.29, 0.717) is 23.4 Å². The fraction of sp³-hybridized carbons (Fsp3) is 0.143. The number of benzene rings is 2. The number of aryl methyl sites for hydroxylation is 1. The molecule has 0 aliphatic rings. The third kappa shape index (κ3) is 3.53. The van der Waals surface area contributed by atoms with Crippen molar-refractivity contribution < 1.29 is 5.11 Å². The molecule has 0 atom stereocenters. The van der Waals surface area contributed by atoms with E-state index in [1.165, 1.54) is 11.1 Å². The number of aromatic hydroxyl groups is 1. The molecule has 0 amide bonds. The van der Waals surface area contributed by atoms with Crippen LogP contribution < -0.4 is 5.32 Å². The summed E-state index contributed by atoms with van der Waals surface area (Å²) in [5.41, 5.74) is 4.57. The number of anilines is 1. The molecule has 0 radical (unpaired) electrons. The van der Waals surface area contributed by atoms with Crippen molar-refractivity contribution in [2.24, 2.45) is 0 Å². The van der Waals surface area contributed by atoms with Crippen LogP contribution >= 0.6 is 15.9 Å². The van der Waals surface area contributed by atoms with Crippen molar-refractivity contribution in [1.82, 2.24) is 14.6 Å². The van der Waals surface area contributed by atoms with Crippen molar-refractivity contribution in [3.05, 3.63) is 76.4 Å². The van der Waals surface area contributed by atoms with E-state index in [1.54, 1.807) is 22.8 Å². The second-order valence-corrected chi connectivity index (χ2v) is 7.15. The minimum atomic E-state index is 0.200. The highest BCUT2D eigenvalue weighted by Crippen LogP contribution is 2.31. The quantitative estimate of drug-likeness (QED) is 0.472. The third-order valence-electron chi connectivity index (χ3n) is 4.51. The van der Waals surface area contributed by atoms with Crippen LogP contribution in [0, 0.1) is 0 Å². The van der Waals surface area contributed by atoms with E-state index in [2.05, 4.69) is 62.5 Å². The van der Waals surface area contributed by atoms with E-state index in [4.69, 9.17) is 0 Å². The zero-order chi connectivity index (χ0) is 18.8. The molecule has 0 bridgehead atoms. The molecule has 0 spiro atoms. The largest absolute Gasteiger partial charge is 0.507 e. The first-order valence-electron chi connectivity index (χ1n) is 8.80. The Morgan fingerprint density at radius 3 is 2.56 bits per heavy atom. The molecule has 0 aliphatic heterocycles. The number of nitrogens with zero attached hydrogens (tertiary/aromatic N) is 3. The normalized spacial score (nSPS) is 11.0. The van der Waals surface area contributed by atoms with Gasteiger partial charge in [-0.2, -0.15) is 9.61 Å². The predicted octanol–water partition coefficient (Wildman–Crippen LogP) is 5.04. The maximum absolute atomic E-state index is 10.2. The summed E-state index contributed by atoms with van der Waals surface area (Å²) in [5, 5.41) is 18.0. The maximum Gasteiger partial charge on any atom is 0.172 e. The lowest BCUT2D eigenvalue weighted by Crippen LogP contribution is -2.07. The van der Waals surface area contributed by atoms with Crippen molar-refractivity contribution in [2.45, 2.75) is 19.9 Å². The van der Waals surface area contributed by atoms with Crippen molar-refractivity contribution in [3.8, 4) is 17.0 Å². The Balaban J connectivity index is 1.71. The smallest absolute Gasteiger partial charge is 0.172 e. The van der Waals surface area contributed by atoms with Crippen molar-refractivity contribution in [1.29, 1.82) is 0 Å². The summed E-state index contributed by atoms with van der Waals surface area (Å²) >= 11 is 3.50. The van der Waals surface area contributed by atoms with Crippen LogP contribution in [-0.2, 0) is 13.0 Å². The van der Waals surface area contributed by atoms with Gasteiger partial charge >= 0.3 is 0 Å². The number of aromatic nitrogens is 3. The zero-order valence-electron chi connectivity index (χ0n) is 14.9. The van der Waals surface area contributed by atoms with E-state index in [0.717, 1.165) is 16.7 Å². The van der Waals surface area contributed by atoms with Crippen LogP contribution in [0.3, 0.4) is 0 Å². The van der Waals surface area contributed by atoms with Crippen LogP contribution in [0.4, 0.5) is 5.82 Å². The number of phenols is 1. The monoisotopic (exact) mass is 422 g/mol. The van der Waals surface area contributed by atoms with Gasteiger partial charge in [0, 0.05) is 18.2 Å². The zero-order valence-corrected chi connectivity index (χ0v) is 16.4. The SMILES string of the molecule is CCc1ccc(CNc2cc(-c3ccccc3O)nc3c(Br)cnn23)cc1. The van der Waals surface area contributed by atoms with E-state index >= 15 is 0 Å². The van der Waals surface area contributed by atoms with Gasteiger partial charge in [0.1, 0.15) is 11.6 Å². The molecule has 0 unspecified atom stereocenters. The molecule has 5 nitrogen and oxygen atoms in total. The van der Waals surface area contributed by atoms with Crippen LogP contribution in [0.15, 0.2) is 65.3 Å². The third-order valence-corrected chi connectivity index (χ3v) is 5.07. The number of para-hydroxylation sites is 1. The van der Waals surface area contributed by atoms with Gasteiger partial charge in [-0.25, -0.2) is 4.98 Å². The van der Waals surface area contributed by atoms with E-state index in [-0.39, 0.29) is 5.75 Å². The van der Waals surface area contributed by atoms with Crippen LogP contribution in [0.2, 0.25) is 0 Å². The minimum absolute atomic E-state index is 0.200. The first kappa shape index (κ1) is 17.5. The summed E-state index contributed by atoms with van der Waals surface area (Å²) in [6.07, 6.45) is 2.75. The molecule has 4 rings (SSSR count). The molecule has 0 aliphatic carbocycles. The second kappa shape index (κ2) is 7.40. The molecule has 2 heterocycles. The Labute approximate surface area is 165 Å². The standard InChI is InChI=1S/C21H19BrN4O/c1-2-14-7-9-15(10-8-14)12-23-20-11-18(16-5-3-4-6-19(16)27)25-21-17(22)13-24-26(20)21/h3-11,13,23,27H,2,12H2,1H3. The Kier molecular flexibility index (Phi) is 4.81. The van der Waals surface area contributed by atoms with Gasteiger partial charge in [-0.15, -0.1) is 0 Å². The number of rotatable bonds is 5. The second-order valence-electron chi connectivity index (χ2n) is 6.30. The van der Waals surface area contributed by atoms with Crippen molar-refractivity contribution in [3.63, 3.8) is 0 Å². The van der Waals surface area contributed by atoms with Gasteiger partial charge in [-0.3, -0.25) is 0 Å². The molecule has 2 N–H and O–H groups in total. The summed E-state index contributed by atoms with van der Waals surface area (Å²) in [4.78, 5) is 4.66. The number of halogens is 1. The summed E-state index contributed by atoms with van der Waals surface area (Å²) in [5.74, 6) is 1.01. The summed E-state index contributed by atoms with van der Waals surface area (Å²) in [7, 11) is 0. The van der Waals surface area contributed by atoms with Gasteiger partial charge in [-0.05, 0) is 45.6 Å². The van der Waals surface area contributed by atoms with Crippen molar-refractivity contribution in [2.75, 3.05) is 5.32 Å². The van der Waals surface area contributed by atoms with Crippen LogP contribution in [0.5, 0.6) is 5.75 Å². The Morgan fingerprint density at radius 2 is 1.81 bits per heavy atom. The fourth-order valence-corrected chi connectivity index (χ4v) is 3.32. The number of hydrogen-bond donors (Lipinski definition) is 2. The molecule has 0 saturated carbocycles. The Hall–Kier alpha value is -2.86. The summed E-state index contributed by atoms with van der Waals surface area (Å²) in [6, 6.07) is 17.7. The van der Waals surface area contributed by atoms with E-state index < -0.39 is 0 Å². The highest BCUT2D eigenvalue weighted by atomic mass is 79.9. The summed E-state index contributed by atoms with van der Waals surface area (Å²) < 4.78 is 2.56. The molecule has 136 valence electrons. The number of nitrogens with one attached hydrogen (secondary N) is 1. The molecule has 6 heteroatoms. The highest BCUT2D eigenvalue weighted by Gasteiger charge is 2.13. The predicted molar refractivity (Wildman–Crippen MR) is 111 cm³/mol. The lowest BCUT2D eigenvalue weighted by Gasteiger charge is -2.12. The molecule has 4 aromatic rings. The Morgan fingerprint density at radius 1 is 1.07 bits per heavy atom. The van der Waals surface area contributed by atoms with Crippen LogP contribution in [0.25, 0.3) is 16.9 Å². The average molecular weight is 423 g/mol. The number of phenolic OH excluding ortho intramolecular Hbond substituents is 1. The van der Waals surface area contributed by atoms with Gasteiger partial charge in [0.25, 0.3) is 0 Å². The number of hydrogen-bond acceptors (Lipinski definition) is 4. The van der Waals surface area contributed by atoms with E-state index in [9.17, 15) is 5.11 Å². The molecule has 2 aromatic carbocycles. The molecule has 2 aromatic heterocycles. The molecule has 0 fully saturated rings. The van der Waals surface area contributed by atoms with Gasteiger partial charge < -0.3 is 10.4 Å². The van der Waals surface area contributed by atoms with E-state index in [1.807, 2.05) is 18.2 Å². The highest BCUT2D eigenvalue weighted by molar-refractivity contribution is 9.10. The molecule has 27 heavy (non-hydrogen) atoms. The van der Waals surface area contributed by atoms with Gasteiger partial charge in [0.05, 0.1) is 16.4 Å². The fourth-order valence-electron chi connectivity index (χ4n) is 2.98. The van der Waals surface area contributed by atoms with Crippen LogP contribution in [-0.4, -0.2) is 19.7 Å². The van der Waals surface area contributed by atoms with Crippen molar-refractivity contribution >= 4 is 27.4 Å².